The van der Waals surface area contributed by atoms with E-state index < -0.39 is 0 Å². The van der Waals surface area contributed by atoms with Gasteiger partial charge >= 0.3 is 0 Å². The van der Waals surface area contributed by atoms with Gasteiger partial charge in [-0.15, -0.1) is 5.10 Å². The van der Waals surface area contributed by atoms with Gasteiger partial charge in [-0.1, -0.05) is 30.3 Å². The zero-order valence-corrected chi connectivity index (χ0v) is 23.5. The highest BCUT2D eigenvalue weighted by molar-refractivity contribution is 5.80. The number of rotatable bonds is 8. The molecule has 4 heterocycles. The number of pyridine rings is 1. The van der Waals surface area contributed by atoms with Crippen LogP contribution >= 0.6 is 0 Å². The molecule has 2 aliphatic rings. The Kier molecular flexibility index (Phi) is 7.93. The minimum atomic E-state index is -0.321. The predicted molar refractivity (Wildman–Crippen MR) is 155 cm³/mol. The molecule has 2 aromatic heterocycles. The molecular formula is C31H39N7O2. The lowest BCUT2D eigenvalue weighted by atomic mass is 9.89. The largest absolute Gasteiger partial charge is 0.497 e. The Hall–Kier alpha value is -3.56. The lowest BCUT2D eigenvalue weighted by Gasteiger charge is -2.37. The van der Waals surface area contributed by atoms with E-state index in [0.29, 0.717) is 17.4 Å². The molecule has 0 aliphatic carbocycles. The monoisotopic (exact) mass is 541 g/mol. The van der Waals surface area contributed by atoms with Gasteiger partial charge in [-0.3, -0.25) is 9.69 Å². The second kappa shape index (κ2) is 11.9. The summed E-state index contributed by atoms with van der Waals surface area (Å²) < 4.78 is 7.44. The molecule has 2 aliphatic heterocycles. The number of aromatic amines is 1. The molecule has 0 amide bonds. The Morgan fingerprint density at radius 1 is 0.975 bits per heavy atom. The number of hydrogen-bond acceptors (Lipinski definition) is 7. The minimum Gasteiger partial charge on any atom is -0.497 e. The number of likely N-dealkylation sites (tertiary alicyclic amines) is 2. The summed E-state index contributed by atoms with van der Waals surface area (Å²) in [4.78, 5) is 21.5. The third-order valence-corrected chi connectivity index (χ3v) is 8.83. The van der Waals surface area contributed by atoms with Gasteiger partial charge in [-0.2, -0.15) is 0 Å². The molecule has 40 heavy (non-hydrogen) atoms. The zero-order valence-electron chi connectivity index (χ0n) is 23.5. The Morgan fingerprint density at radius 2 is 1.73 bits per heavy atom. The molecule has 9 heteroatoms. The normalized spacial score (nSPS) is 18.8. The maximum Gasteiger partial charge on any atom is 0.253 e. The fourth-order valence-electron chi connectivity index (χ4n) is 6.42. The number of ether oxygens (including phenoxy) is 1. The average Bonchev–Trinajstić information content (AvgIpc) is 3.43. The predicted octanol–water partition coefficient (Wildman–Crippen LogP) is 3.91. The number of aromatic nitrogens is 5. The van der Waals surface area contributed by atoms with Crippen molar-refractivity contribution in [3.05, 3.63) is 81.9 Å². The number of hydrogen-bond donors (Lipinski definition) is 1. The van der Waals surface area contributed by atoms with Crippen molar-refractivity contribution < 1.29 is 4.74 Å². The smallest absolute Gasteiger partial charge is 0.253 e. The van der Waals surface area contributed by atoms with Crippen molar-refractivity contribution in [2.24, 2.45) is 11.8 Å². The number of H-pyrrole nitrogens is 1. The fraction of sp³-hybridized carbons (Fsp3) is 0.484. The van der Waals surface area contributed by atoms with E-state index in [1.165, 1.54) is 5.56 Å². The summed E-state index contributed by atoms with van der Waals surface area (Å²) in [5, 5.41) is 14.1. The number of benzene rings is 2. The first-order valence-corrected chi connectivity index (χ1v) is 14.5. The third kappa shape index (κ3) is 5.81. The first-order valence-electron chi connectivity index (χ1n) is 14.5. The van der Waals surface area contributed by atoms with Gasteiger partial charge < -0.3 is 14.6 Å². The number of methoxy groups -OCH3 is 1. The van der Waals surface area contributed by atoms with Crippen LogP contribution in [0.15, 0.2) is 59.4 Å². The third-order valence-electron chi connectivity index (χ3n) is 8.83. The number of piperidine rings is 2. The van der Waals surface area contributed by atoms with Crippen molar-refractivity contribution in [3.8, 4) is 5.75 Å². The summed E-state index contributed by atoms with van der Waals surface area (Å²) in [7, 11) is 3.84. The van der Waals surface area contributed by atoms with E-state index in [1.54, 1.807) is 7.11 Å². The van der Waals surface area contributed by atoms with Gasteiger partial charge in [0, 0.05) is 23.0 Å². The SMILES string of the molecule is COc1ccc2[nH]c(=O)c(C(c3nnnn3CC3CCN(C)CC3)N3CCC(Cc4ccccc4)CC3)cc2c1. The van der Waals surface area contributed by atoms with E-state index in [2.05, 4.69) is 67.7 Å². The fourth-order valence-corrected chi connectivity index (χ4v) is 6.42. The second-order valence-corrected chi connectivity index (χ2v) is 11.5. The van der Waals surface area contributed by atoms with Crippen molar-refractivity contribution in [2.75, 3.05) is 40.3 Å². The molecule has 0 spiro atoms. The topological polar surface area (TPSA) is 92.2 Å². The van der Waals surface area contributed by atoms with Crippen LogP contribution in [0.25, 0.3) is 10.9 Å². The molecule has 0 saturated carbocycles. The van der Waals surface area contributed by atoms with E-state index in [-0.39, 0.29) is 11.6 Å². The van der Waals surface area contributed by atoms with E-state index in [4.69, 9.17) is 4.74 Å². The Balaban J connectivity index is 1.32. The summed E-state index contributed by atoms with van der Waals surface area (Å²) in [6, 6.07) is 18.2. The van der Waals surface area contributed by atoms with Crippen LogP contribution in [0.5, 0.6) is 5.75 Å². The summed E-state index contributed by atoms with van der Waals surface area (Å²) >= 11 is 0. The second-order valence-electron chi connectivity index (χ2n) is 11.5. The molecule has 2 fully saturated rings. The molecule has 1 atom stereocenters. The van der Waals surface area contributed by atoms with Crippen LogP contribution in [-0.2, 0) is 13.0 Å². The molecule has 9 nitrogen and oxygen atoms in total. The molecule has 4 aromatic rings. The van der Waals surface area contributed by atoms with Gasteiger partial charge in [0.25, 0.3) is 5.56 Å². The van der Waals surface area contributed by atoms with Gasteiger partial charge in [-0.05, 0) is 117 Å². The van der Waals surface area contributed by atoms with Crippen LogP contribution in [-0.4, -0.2) is 75.3 Å². The van der Waals surface area contributed by atoms with Crippen molar-refractivity contribution in [3.63, 3.8) is 0 Å². The van der Waals surface area contributed by atoms with Crippen molar-refractivity contribution in [1.82, 2.24) is 35.0 Å². The molecular weight excluding hydrogens is 502 g/mol. The summed E-state index contributed by atoms with van der Waals surface area (Å²) in [6.45, 7) is 4.73. The number of nitrogens with one attached hydrogen (secondary N) is 1. The van der Waals surface area contributed by atoms with E-state index in [1.807, 2.05) is 28.9 Å². The summed E-state index contributed by atoms with van der Waals surface area (Å²) in [5.74, 6) is 2.66. The molecule has 1 unspecified atom stereocenters. The van der Waals surface area contributed by atoms with Gasteiger partial charge in [0.15, 0.2) is 5.82 Å². The highest BCUT2D eigenvalue weighted by Crippen LogP contribution is 2.33. The maximum absolute atomic E-state index is 13.6. The average molecular weight is 542 g/mol. The van der Waals surface area contributed by atoms with Crippen LogP contribution in [0.1, 0.15) is 48.7 Å². The van der Waals surface area contributed by atoms with Crippen molar-refractivity contribution in [1.29, 1.82) is 0 Å². The molecule has 6 rings (SSSR count). The van der Waals surface area contributed by atoms with Crippen LogP contribution in [0.4, 0.5) is 0 Å². The molecule has 2 aromatic carbocycles. The highest BCUT2D eigenvalue weighted by Gasteiger charge is 2.34. The first kappa shape index (κ1) is 26.7. The molecule has 0 bridgehead atoms. The standard InChI is InChI=1S/C31H39N7O2/c1-36-14-10-24(11-15-36)21-38-30(33-34-35-38)29(27-20-25-19-26(40-2)8-9-28(25)32-31(27)39)37-16-12-23(13-17-37)18-22-6-4-3-5-7-22/h3-9,19-20,23-24,29H,10-18,21H2,1-2H3,(H,32,39). The van der Waals surface area contributed by atoms with E-state index in [9.17, 15) is 4.79 Å². The molecule has 1 N–H and O–H groups in total. The zero-order chi connectivity index (χ0) is 27.5. The van der Waals surface area contributed by atoms with E-state index in [0.717, 1.165) is 87.3 Å². The quantitative estimate of drug-likeness (QED) is 0.362. The van der Waals surface area contributed by atoms with Crippen LogP contribution in [0, 0.1) is 11.8 Å². The van der Waals surface area contributed by atoms with Crippen LogP contribution in [0.2, 0.25) is 0 Å². The Morgan fingerprint density at radius 3 is 2.48 bits per heavy atom. The first-order chi connectivity index (χ1) is 19.6. The lowest BCUT2D eigenvalue weighted by molar-refractivity contribution is 0.140. The molecule has 210 valence electrons. The minimum absolute atomic E-state index is 0.0945. The summed E-state index contributed by atoms with van der Waals surface area (Å²) in [6.07, 6.45) is 5.48. The van der Waals surface area contributed by atoms with Crippen LogP contribution in [0.3, 0.4) is 0 Å². The van der Waals surface area contributed by atoms with Crippen LogP contribution < -0.4 is 10.3 Å². The summed E-state index contributed by atoms with van der Waals surface area (Å²) in [5.41, 5.74) is 2.77. The molecule has 0 radical (unpaired) electrons. The lowest BCUT2D eigenvalue weighted by Crippen LogP contribution is -2.41. The van der Waals surface area contributed by atoms with Gasteiger partial charge in [-0.25, -0.2) is 4.68 Å². The highest BCUT2D eigenvalue weighted by atomic mass is 16.5. The van der Waals surface area contributed by atoms with Crippen molar-refractivity contribution in [2.45, 2.75) is 44.7 Å². The van der Waals surface area contributed by atoms with E-state index >= 15 is 0 Å². The van der Waals surface area contributed by atoms with Crippen molar-refractivity contribution >= 4 is 10.9 Å². The van der Waals surface area contributed by atoms with Gasteiger partial charge in [0.2, 0.25) is 0 Å². The Bertz CT molecular complexity index is 1470. The number of nitrogens with zero attached hydrogens (tertiary/aromatic N) is 6. The number of tetrazole rings is 1. The molecule has 2 saturated heterocycles. The van der Waals surface area contributed by atoms with Gasteiger partial charge in [0.05, 0.1) is 7.11 Å². The Labute approximate surface area is 235 Å². The maximum atomic E-state index is 13.6. The number of fused-ring (bicyclic) bond motifs is 1. The van der Waals surface area contributed by atoms with Gasteiger partial charge in [0.1, 0.15) is 11.8 Å².